The molecule has 0 aromatic carbocycles. The predicted octanol–water partition coefficient (Wildman–Crippen LogP) is 2.14. The Bertz CT molecular complexity index is 122. The third kappa shape index (κ3) is 3.49. The molecule has 0 unspecified atom stereocenters. The molecule has 0 spiro atoms. The first kappa shape index (κ1) is 9.47. The van der Waals surface area contributed by atoms with Crippen molar-refractivity contribution in [2.45, 2.75) is 34.1 Å². The third-order valence-electron chi connectivity index (χ3n) is 1.96. The van der Waals surface area contributed by atoms with Crippen LogP contribution in [-0.2, 0) is 4.79 Å². The Kier molecular flexibility index (Phi) is 2.88. The van der Waals surface area contributed by atoms with Gasteiger partial charge in [0, 0.05) is 6.42 Å². The van der Waals surface area contributed by atoms with Gasteiger partial charge >= 0.3 is 5.97 Å². The molecule has 2 heteroatoms. The van der Waals surface area contributed by atoms with Crippen LogP contribution >= 0.6 is 0 Å². The molecule has 0 saturated carbocycles. The summed E-state index contributed by atoms with van der Waals surface area (Å²) < 4.78 is 0. The van der Waals surface area contributed by atoms with Gasteiger partial charge in [0.05, 0.1) is 0 Å². The average Bonchev–Trinajstić information content (AvgIpc) is 1.60. The van der Waals surface area contributed by atoms with Crippen LogP contribution in [0.2, 0.25) is 0 Å². The van der Waals surface area contributed by atoms with E-state index in [2.05, 4.69) is 20.8 Å². The van der Waals surface area contributed by atoms with E-state index in [0.717, 1.165) is 0 Å². The van der Waals surface area contributed by atoms with E-state index in [1.54, 1.807) is 0 Å². The maximum absolute atomic E-state index is 10.3. The number of rotatable bonds is 2. The predicted molar refractivity (Wildman–Crippen MR) is 40.9 cm³/mol. The van der Waals surface area contributed by atoms with Crippen molar-refractivity contribution < 1.29 is 9.90 Å². The molecule has 0 saturated heterocycles. The first-order valence-electron chi connectivity index (χ1n) is 3.56. The van der Waals surface area contributed by atoms with Crippen LogP contribution in [0.15, 0.2) is 0 Å². The zero-order chi connectivity index (χ0) is 8.36. The Morgan fingerprint density at radius 1 is 1.50 bits per heavy atom. The summed E-state index contributed by atoms with van der Waals surface area (Å²) in [6.45, 7) is 8.13. The molecule has 0 amide bonds. The Morgan fingerprint density at radius 2 is 1.90 bits per heavy atom. The van der Waals surface area contributed by atoms with Crippen LogP contribution in [0.4, 0.5) is 0 Å². The van der Waals surface area contributed by atoms with Crippen LogP contribution in [0, 0.1) is 11.3 Å². The molecule has 0 fully saturated rings. The molecule has 0 aliphatic carbocycles. The van der Waals surface area contributed by atoms with Crippen molar-refractivity contribution in [2.75, 3.05) is 0 Å². The quantitative estimate of drug-likeness (QED) is 0.644. The highest BCUT2D eigenvalue weighted by Gasteiger charge is 2.21. The maximum atomic E-state index is 10.3. The van der Waals surface area contributed by atoms with E-state index in [1.807, 2.05) is 6.92 Å². The van der Waals surface area contributed by atoms with E-state index in [1.165, 1.54) is 0 Å². The number of carboxylic acid groups (broad SMARTS) is 1. The fourth-order valence-electron chi connectivity index (χ4n) is 0.568. The van der Waals surface area contributed by atoms with Crippen LogP contribution in [0.3, 0.4) is 0 Å². The lowest BCUT2D eigenvalue weighted by atomic mass is 9.80. The summed E-state index contributed by atoms with van der Waals surface area (Å²) in [7, 11) is 0. The van der Waals surface area contributed by atoms with Crippen molar-refractivity contribution in [2.24, 2.45) is 11.3 Å². The smallest absolute Gasteiger partial charge is 0.303 e. The van der Waals surface area contributed by atoms with Gasteiger partial charge in [-0.15, -0.1) is 0 Å². The summed E-state index contributed by atoms with van der Waals surface area (Å²) in [5.41, 5.74) is 0.110. The van der Waals surface area contributed by atoms with Gasteiger partial charge in [0.1, 0.15) is 0 Å². The van der Waals surface area contributed by atoms with Crippen LogP contribution in [0.1, 0.15) is 34.1 Å². The van der Waals surface area contributed by atoms with E-state index >= 15 is 0 Å². The first-order valence-corrected chi connectivity index (χ1v) is 3.56. The molecule has 0 aliphatic rings. The van der Waals surface area contributed by atoms with Gasteiger partial charge in [0.2, 0.25) is 0 Å². The van der Waals surface area contributed by atoms with E-state index in [9.17, 15) is 4.79 Å². The number of carboxylic acids is 1. The molecule has 1 N–H and O–H groups in total. The van der Waals surface area contributed by atoms with Gasteiger partial charge in [0.25, 0.3) is 0 Å². The molecule has 0 bridgehead atoms. The van der Waals surface area contributed by atoms with Crippen LogP contribution < -0.4 is 0 Å². The molecule has 10 heavy (non-hydrogen) atoms. The largest absolute Gasteiger partial charge is 0.481 e. The lowest BCUT2D eigenvalue weighted by Crippen LogP contribution is -2.20. The van der Waals surface area contributed by atoms with E-state index in [0.29, 0.717) is 0 Å². The summed E-state index contributed by atoms with van der Waals surface area (Å²) in [6, 6.07) is 0. The van der Waals surface area contributed by atoms with Gasteiger partial charge in [-0.25, -0.2) is 0 Å². The highest BCUT2D eigenvalue weighted by atomic mass is 16.4. The molecule has 1 atom stereocenters. The van der Waals surface area contributed by atoms with Gasteiger partial charge in [-0.3, -0.25) is 4.79 Å². The molecule has 0 radical (unpaired) electrons. The molecule has 0 aromatic heterocycles. The highest BCUT2D eigenvalue weighted by Crippen LogP contribution is 2.27. The molecule has 0 aliphatic heterocycles. The summed E-state index contributed by atoms with van der Waals surface area (Å²) in [6.07, 6.45) is 0.267. The van der Waals surface area contributed by atoms with Gasteiger partial charge in [-0.05, 0) is 11.3 Å². The topological polar surface area (TPSA) is 37.3 Å². The van der Waals surface area contributed by atoms with Crippen LogP contribution in [0.5, 0.6) is 0 Å². The minimum Gasteiger partial charge on any atom is -0.481 e. The van der Waals surface area contributed by atoms with E-state index in [-0.39, 0.29) is 17.8 Å². The Hall–Kier alpha value is -0.530. The van der Waals surface area contributed by atoms with Gasteiger partial charge in [0.15, 0.2) is 0 Å². The summed E-state index contributed by atoms with van der Waals surface area (Å²) >= 11 is 0. The molecular weight excluding hydrogens is 128 g/mol. The highest BCUT2D eigenvalue weighted by molar-refractivity contribution is 5.67. The van der Waals surface area contributed by atoms with Crippen molar-refractivity contribution in [3.8, 4) is 0 Å². The van der Waals surface area contributed by atoms with E-state index in [4.69, 9.17) is 5.11 Å². The maximum Gasteiger partial charge on any atom is 0.303 e. The normalized spacial score (nSPS) is 14.8. The molecular formula is C8H16O2. The summed E-state index contributed by atoms with van der Waals surface area (Å²) in [5, 5.41) is 8.45. The minimum atomic E-state index is -0.706. The summed E-state index contributed by atoms with van der Waals surface area (Å²) in [4.78, 5) is 10.3. The SMILES string of the molecule is C[C@H](CC(=O)O)C(C)(C)C. The van der Waals surface area contributed by atoms with Gasteiger partial charge in [-0.2, -0.15) is 0 Å². The molecule has 0 heterocycles. The summed E-state index contributed by atoms with van der Waals surface area (Å²) in [5.74, 6) is -0.465. The Labute approximate surface area is 62.2 Å². The standard InChI is InChI=1S/C8H16O2/c1-6(5-7(9)10)8(2,3)4/h6H,5H2,1-4H3,(H,9,10)/t6-/m1/s1. The lowest BCUT2D eigenvalue weighted by molar-refractivity contribution is -0.138. The fraction of sp³-hybridized carbons (Fsp3) is 0.875. The van der Waals surface area contributed by atoms with Crippen molar-refractivity contribution in [1.82, 2.24) is 0 Å². The Morgan fingerprint density at radius 3 is 2.00 bits per heavy atom. The number of hydrogen-bond acceptors (Lipinski definition) is 1. The number of carbonyl (C=O) groups is 1. The third-order valence-corrected chi connectivity index (χ3v) is 1.96. The lowest BCUT2D eigenvalue weighted by Gasteiger charge is -2.25. The second kappa shape index (κ2) is 3.04. The zero-order valence-electron chi connectivity index (χ0n) is 7.14. The van der Waals surface area contributed by atoms with Crippen molar-refractivity contribution in [1.29, 1.82) is 0 Å². The number of aliphatic carboxylic acids is 1. The van der Waals surface area contributed by atoms with Crippen LogP contribution in [0.25, 0.3) is 0 Å². The Balaban J connectivity index is 3.85. The van der Waals surface area contributed by atoms with E-state index < -0.39 is 5.97 Å². The molecule has 60 valence electrons. The number of hydrogen-bond donors (Lipinski definition) is 1. The van der Waals surface area contributed by atoms with Crippen molar-refractivity contribution in [3.05, 3.63) is 0 Å². The average molecular weight is 144 g/mol. The second-order valence-corrected chi connectivity index (χ2v) is 3.86. The molecule has 0 rings (SSSR count). The molecule has 0 aromatic rings. The monoisotopic (exact) mass is 144 g/mol. The fourth-order valence-corrected chi connectivity index (χ4v) is 0.568. The minimum absolute atomic E-state index is 0.110. The molecule has 2 nitrogen and oxygen atoms in total. The van der Waals surface area contributed by atoms with Crippen molar-refractivity contribution in [3.63, 3.8) is 0 Å². The van der Waals surface area contributed by atoms with Gasteiger partial charge < -0.3 is 5.11 Å². The second-order valence-electron chi connectivity index (χ2n) is 3.86. The zero-order valence-corrected chi connectivity index (χ0v) is 7.14. The van der Waals surface area contributed by atoms with Crippen molar-refractivity contribution >= 4 is 5.97 Å². The van der Waals surface area contributed by atoms with Gasteiger partial charge in [-0.1, -0.05) is 27.7 Å². The van der Waals surface area contributed by atoms with Crippen LogP contribution in [-0.4, -0.2) is 11.1 Å². The first-order chi connectivity index (χ1) is 4.34.